The number of hydrogen-bond acceptors (Lipinski definition) is 7. The lowest BCUT2D eigenvalue weighted by Crippen LogP contribution is -2.08. The first-order valence-corrected chi connectivity index (χ1v) is 7.15. The molecule has 0 amide bonds. The van der Waals surface area contributed by atoms with Crippen molar-refractivity contribution in [3.8, 4) is 11.3 Å². The Balaban J connectivity index is 2.58. The Hall–Kier alpha value is -3.23. The van der Waals surface area contributed by atoms with E-state index in [4.69, 9.17) is 9.47 Å². The van der Waals surface area contributed by atoms with Gasteiger partial charge in [0.1, 0.15) is 11.4 Å². The minimum absolute atomic E-state index is 0.00788. The van der Waals surface area contributed by atoms with Gasteiger partial charge in [0.25, 0.3) is 5.69 Å². The molecule has 0 aliphatic heterocycles. The van der Waals surface area contributed by atoms with Crippen molar-refractivity contribution < 1.29 is 24.0 Å². The Bertz CT molecular complexity index is 783. The van der Waals surface area contributed by atoms with E-state index in [1.54, 1.807) is 13.8 Å². The number of rotatable bonds is 6. The molecule has 9 nitrogen and oxygen atoms in total. The molecular weight excluding hydrogens is 318 g/mol. The van der Waals surface area contributed by atoms with Crippen LogP contribution < -0.4 is 0 Å². The number of nitro groups is 1. The molecule has 0 aliphatic rings. The van der Waals surface area contributed by atoms with Crippen molar-refractivity contribution in [1.29, 1.82) is 0 Å². The van der Waals surface area contributed by atoms with Gasteiger partial charge in [-0.05, 0) is 19.9 Å². The van der Waals surface area contributed by atoms with Crippen LogP contribution >= 0.6 is 0 Å². The SMILES string of the molecule is CCOC(=O)c1cc([N+](=O)[O-])c(-c2ccncc2C(=O)OCC)[nH]1. The molecule has 0 saturated carbocycles. The molecule has 0 saturated heterocycles. The van der Waals surface area contributed by atoms with Crippen LogP contribution in [-0.2, 0) is 9.47 Å². The Morgan fingerprint density at radius 3 is 2.54 bits per heavy atom. The van der Waals surface area contributed by atoms with Crippen LogP contribution in [0.2, 0.25) is 0 Å². The number of aromatic nitrogens is 2. The van der Waals surface area contributed by atoms with Crippen LogP contribution in [0, 0.1) is 10.1 Å². The Labute approximate surface area is 136 Å². The zero-order chi connectivity index (χ0) is 17.7. The quantitative estimate of drug-likeness (QED) is 0.488. The molecule has 0 aliphatic carbocycles. The maximum Gasteiger partial charge on any atom is 0.355 e. The Kier molecular flexibility index (Phi) is 5.25. The third kappa shape index (κ3) is 3.40. The van der Waals surface area contributed by atoms with Gasteiger partial charge in [0, 0.05) is 24.0 Å². The van der Waals surface area contributed by atoms with Gasteiger partial charge in [-0.15, -0.1) is 0 Å². The summed E-state index contributed by atoms with van der Waals surface area (Å²) in [5.74, 6) is -1.39. The van der Waals surface area contributed by atoms with E-state index in [1.165, 1.54) is 18.5 Å². The number of carbonyl (C=O) groups is 2. The van der Waals surface area contributed by atoms with E-state index in [1.807, 2.05) is 0 Å². The average molecular weight is 333 g/mol. The van der Waals surface area contributed by atoms with E-state index in [2.05, 4.69) is 9.97 Å². The highest BCUT2D eigenvalue weighted by atomic mass is 16.6. The summed E-state index contributed by atoms with van der Waals surface area (Å²) >= 11 is 0. The summed E-state index contributed by atoms with van der Waals surface area (Å²) in [5.41, 5.74) is -0.154. The second-order valence-corrected chi connectivity index (χ2v) is 4.56. The number of aromatic amines is 1. The number of nitrogens with one attached hydrogen (secondary N) is 1. The lowest BCUT2D eigenvalue weighted by Gasteiger charge is -2.06. The van der Waals surface area contributed by atoms with Crippen LogP contribution in [0.15, 0.2) is 24.5 Å². The van der Waals surface area contributed by atoms with E-state index in [0.717, 1.165) is 6.07 Å². The fourth-order valence-electron chi connectivity index (χ4n) is 2.10. The van der Waals surface area contributed by atoms with Gasteiger partial charge in [-0.25, -0.2) is 9.59 Å². The standard InChI is InChI=1S/C15H15N3O6/c1-3-23-14(19)10-8-16-6-5-9(10)13-12(18(21)22)7-11(17-13)15(20)24-4-2/h5-8,17H,3-4H2,1-2H3. The smallest absolute Gasteiger partial charge is 0.355 e. The molecule has 24 heavy (non-hydrogen) atoms. The summed E-state index contributed by atoms with van der Waals surface area (Å²) in [6, 6.07) is 2.50. The highest BCUT2D eigenvalue weighted by Gasteiger charge is 2.26. The predicted molar refractivity (Wildman–Crippen MR) is 82.6 cm³/mol. The van der Waals surface area contributed by atoms with E-state index in [9.17, 15) is 19.7 Å². The van der Waals surface area contributed by atoms with Crippen molar-refractivity contribution >= 4 is 17.6 Å². The molecular formula is C15H15N3O6. The lowest BCUT2D eigenvalue weighted by molar-refractivity contribution is -0.384. The van der Waals surface area contributed by atoms with Gasteiger partial charge in [-0.2, -0.15) is 0 Å². The molecule has 9 heteroatoms. The van der Waals surface area contributed by atoms with Gasteiger partial charge >= 0.3 is 11.9 Å². The number of esters is 2. The first kappa shape index (κ1) is 17.1. The molecule has 1 N–H and O–H groups in total. The number of nitrogens with zero attached hydrogens (tertiary/aromatic N) is 2. The third-order valence-corrected chi connectivity index (χ3v) is 3.07. The molecule has 126 valence electrons. The fourth-order valence-corrected chi connectivity index (χ4v) is 2.10. The zero-order valence-electron chi connectivity index (χ0n) is 13.1. The normalized spacial score (nSPS) is 10.2. The third-order valence-electron chi connectivity index (χ3n) is 3.07. The predicted octanol–water partition coefficient (Wildman–Crippen LogP) is 2.34. The minimum Gasteiger partial charge on any atom is -0.462 e. The maximum absolute atomic E-state index is 12.0. The van der Waals surface area contributed by atoms with Crippen molar-refractivity contribution in [1.82, 2.24) is 9.97 Å². The molecule has 2 rings (SSSR count). The number of hydrogen-bond donors (Lipinski definition) is 1. The molecule has 0 atom stereocenters. The van der Waals surface area contributed by atoms with Crippen LogP contribution in [0.5, 0.6) is 0 Å². The topological polar surface area (TPSA) is 124 Å². The molecule has 2 aromatic rings. The molecule has 0 unspecified atom stereocenters. The second-order valence-electron chi connectivity index (χ2n) is 4.56. The fraction of sp³-hybridized carbons (Fsp3) is 0.267. The molecule has 2 aromatic heterocycles. The number of carbonyl (C=O) groups excluding carboxylic acids is 2. The summed E-state index contributed by atoms with van der Waals surface area (Å²) in [4.78, 5) is 41.0. The summed E-state index contributed by atoms with van der Waals surface area (Å²) in [6.45, 7) is 3.54. The van der Waals surface area contributed by atoms with Crippen molar-refractivity contribution in [2.75, 3.05) is 13.2 Å². The Morgan fingerprint density at radius 2 is 1.92 bits per heavy atom. The van der Waals surface area contributed by atoms with E-state index in [0.29, 0.717) is 0 Å². The van der Waals surface area contributed by atoms with Gasteiger partial charge in [0.05, 0.1) is 23.7 Å². The monoisotopic (exact) mass is 333 g/mol. The lowest BCUT2D eigenvalue weighted by atomic mass is 10.1. The van der Waals surface area contributed by atoms with Crippen LogP contribution in [0.1, 0.15) is 34.7 Å². The number of ether oxygens (including phenoxy) is 2. The highest BCUT2D eigenvalue weighted by Crippen LogP contribution is 2.32. The largest absolute Gasteiger partial charge is 0.462 e. The van der Waals surface area contributed by atoms with Gasteiger partial charge in [-0.3, -0.25) is 15.1 Å². The summed E-state index contributed by atoms with van der Waals surface area (Å²) < 4.78 is 9.76. The number of pyridine rings is 1. The zero-order valence-corrected chi connectivity index (χ0v) is 13.1. The molecule has 0 bridgehead atoms. The molecule has 0 radical (unpaired) electrons. The van der Waals surface area contributed by atoms with E-state index < -0.39 is 16.9 Å². The van der Waals surface area contributed by atoms with Crippen LogP contribution in [-0.4, -0.2) is 40.0 Å². The van der Waals surface area contributed by atoms with Crippen LogP contribution in [0.3, 0.4) is 0 Å². The van der Waals surface area contributed by atoms with Gasteiger partial charge in [0.2, 0.25) is 0 Å². The van der Waals surface area contributed by atoms with Crippen molar-refractivity contribution in [2.45, 2.75) is 13.8 Å². The minimum atomic E-state index is -0.724. The van der Waals surface area contributed by atoms with Gasteiger partial charge in [-0.1, -0.05) is 0 Å². The molecule has 2 heterocycles. The Morgan fingerprint density at radius 1 is 1.25 bits per heavy atom. The maximum atomic E-state index is 12.0. The molecule has 0 fully saturated rings. The summed E-state index contributed by atoms with van der Waals surface area (Å²) in [7, 11) is 0. The van der Waals surface area contributed by atoms with Crippen molar-refractivity contribution in [3.63, 3.8) is 0 Å². The summed E-state index contributed by atoms with van der Waals surface area (Å²) in [6.07, 6.45) is 2.63. The van der Waals surface area contributed by atoms with Crippen LogP contribution in [0.25, 0.3) is 11.3 Å². The van der Waals surface area contributed by atoms with Crippen molar-refractivity contribution in [2.24, 2.45) is 0 Å². The van der Waals surface area contributed by atoms with Crippen molar-refractivity contribution in [3.05, 3.63) is 45.9 Å². The second kappa shape index (κ2) is 7.36. The number of H-pyrrole nitrogens is 1. The first-order valence-electron chi connectivity index (χ1n) is 7.15. The summed E-state index contributed by atoms with van der Waals surface area (Å²) in [5, 5.41) is 11.3. The average Bonchev–Trinajstić information content (AvgIpc) is 3.01. The highest BCUT2D eigenvalue weighted by molar-refractivity contribution is 5.99. The van der Waals surface area contributed by atoms with E-state index in [-0.39, 0.29) is 41.4 Å². The van der Waals surface area contributed by atoms with Gasteiger partial charge in [0.15, 0.2) is 0 Å². The molecule has 0 spiro atoms. The van der Waals surface area contributed by atoms with Crippen LogP contribution in [0.4, 0.5) is 5.69 Å². The first-order chi connectivity index (χ1) is 11.5. The van der Waals surface area contributed by atoms with E-state index >= 15 is 0 Å². The van der Waals surface area contributed by atoms with Gasteiger partial charge < -0.3 is 14.5 Å². The molecule has 0 aromatic carbocycles.